The highest BCUT2D eigenvalue weighted by Gasteiger charge is 2.32. The van der Waals surface area contributed by atoms with Gasteiger partial charge in [0.2, 0.25) is 5.75 Å². The number of rotatable bonds is 5. The van der Waals surface area contributed by atoms with Crippen LogP contribution in [0.3, 0.4) is 0 Å². The zero-order chi connectivity index (χ0) is 17.0. The molecular formula is C17H27ClN2O4. The highest BCUT2D eigenvalue weighted by molar-refractivity contribution is 5.96. The standard InChI is InChI=1S/C17H26N2O4.ClH/c1-11-6-5-7-19(13(11)10-18)17(20)12-8-14(21-2)16(23-4)15(9-12)22-3;/h8-9,11,13H,5-7,10,18H2,1-4H3;1H. The lowest BCUT2D eigenvalue weighted by atomic mass is 9.90. The molecule has 1 saturated heterocycles. The van der Waals surface area contributed by atoms with E-state index in [1.165, 1.54) is 14.2 Å². The Bertz CT molecular complexity index is 543. The van der Waals surface area contributed by atoms with E-state index in [-0.39, 0.29) is 24.4 Å². The Kier molecular flexibility index (Phi) is 7.63. The number of benzene rings is 1. The van der Waals surface area contributed by atoms with Gasteiger partial charge in [-0.3, -0.25) is 4.79 Å². The first-order valence-electron chi connectivity index (χ1n) is 7.88. The minimum atomic E-state index is -0.0498. The van der Waals surface area contributed by atoms with Crippen molar-refractivity contribution in [2.45, 2.75) is 25.8 Å². The van der Waals surface area contributed by atoms with Gasteiger partial charge in [0.15, 0.2) is 11.5 Å². The van der Waals surface area contributed by atoms with E-state index >= 15 is 0 Å². The number of carbonyl (C=O) groups is 1. The van der Waals surface area contributed by atoms with Crippen LogP contribution in [-0.2, 0) is 0 Å². The second-order valence-electron chi connectivity index (χ2n) is 5.84. The molecule has 0 aliphatic carbocycles. The quantitative estimate of drug-likeness (QED) is 0.874. The lowest BCUT2D eigenvalue weighted by Crippen LogP contribution is -2.51. The maximum absolute atomic E-state index is 13.0. The maximum Gasteiger partial charge on any atom is 0.254 e. The first-order valence-corrected chi connectivity index (χ1v) is 7.88. The van der Waals surface area contributed by atoms with Crippen LogP contribution in [0, 0.1) is 5.92 Å². The number of nitrogens with zero attached hydrogens (tertiary/aromatic N) is 1. The van der Waals surface area contributed by atoms with E-state index in [1.807, 2.05) is 4.90 Å². The Morgan fingerprint density at radius 2 is 1.79 bits per heavy atom. The van der Waals surface area contributed by atoms with Crippen molar-refractivity contribution < 1.29 is 19.0 Å². The average Bonchev–Trinajstić information content (AvgIpc) is 2.59. The first kappa shape index (κ1) is 20.4. The van der Waals surface area contributed by atoms with E-state index < -0.39 is 0 Å². The SMILES string of the molecule is COc1cc(C(=O)N2CCCC(C)C2CN)cc(OC)c1OC.Cl. The van der Waals surface area contributed by atoms with Gasteiger partial charge in [-0.05, 0) is 30.9 Å². The van der Waals surface area contributed by atoms with Crippen LogP contribution in [0.4, 0.5) is 0 Å². The van der Waals surface area contributed by atoms with Gasteiger partial charge in [-0.15, -0.1) is 12.4 Å². The van der Waals surface area contributed by atoms with Crippen molar-refractivity contribution in [3.8, 4) is 17.2 Å². The number of halogens is 1. The molecule has 2 atom stereocenters. The molecule has 24 heavy (non-hydrogen) atoms. The molecule has 2 rings (SSSR count). The lowest BCUT2D eigenvalue weighted by Gasteiger charge is -2.39. The Hall–Kier alpha value is -1.66. The summed E-state index contributed by atoms with van der Waals surface area (Å²) < 4.78 is 16.0. The summed E-state index contributed by atoms with van der Waals surface area (Å²) in [5.74, 6) is 1.79. The largest absolute Gasteiger partial charge is 0.493 e. The smallest absolute Gasteiger partial charge is 0.254 e. The third-order valence-corrected chi connectivity index (χ3v) is 4.53. The van der Waals surface area contributed by atoms with Crippen molar-refractivity contribution in [1.29, 1.82) is 0 Å². The summed E-state index contributed by atoms with van der Waals surface area (Å²) in [7, 11) is 4.62. The number of amides is 1. The number of ether oxygens (including phenoxy) is 3. The molecule has 0 saturated carbocycles. The molecule has 1 amide bonds. The molecule has 0 bridgehead atoms. The third kappa shape index (κ3) is 3.87. The summed E-state index contributed by atoms with van der Waals surface area (Å²) in [5, 5.41) is 0. The van der Waals surface area contributed by atoms with Crippen molar-refractivity contribution in [2.24, 2.45) is 11.7 Å². The molecule has 1 fully saturated rings. The number of hydrogen-bond donors (Lipinski definition) is 1. The van der Waals surface area contributed by atoms with Crippen LogP contribution in [0.1, 0.15) is 30.1 Å². The van der Waals surface area contributed by atoms with Gasteiger partial charge in [0, 0.05) is 24.7 Å². The summed E-state index contributed by atoms with van der Waals surface area (Å²) in [6, 6.07) is 3.45. The predicted molar refractivity (Wildman–Crippen MR) is 95.6 cm³/mol. The molecule has 0 spiro atoms. The zero-order valence-electron chi connectivity index (χ0n) is 14.7. The van der Waals surface area contributed by atoms with E-state index in [1.54, 1.807) is 19.2 Å². The van der Waals surface area contributed by atoms with Crippen molar-refractivity contribution in [1.82, 2.24) is 4.90 Å². The molecule has 136 valence electrons. The van der Waals surface area contributed by atoms with Crippen molar-refractivity contribution >= 4 is 18.3 Å². The van der Waals surface area contributed by atoms with Crippen LogP contribution in [0.15, 0.2) is 12.1 Å². The fourth-order valence-electron chi connectivity index (χ4n) is 3.23. The normalized spacial score (nSPS) is 20.1. The van der Waals surface area contributed by atoms with E-state index in [9.17, 15) is 4.79 Å². The topological polar surface area (TPSA) is 74.0 Å². The molecule has 0 aromatic heterocycles. The molecule has 7 heteroatoms. The fourth-order valence-corrected chi connectivity index (χ4v) is 3.23. The fraction of sp³-hybridized carbons (Fsp3) is 0.588. The summed E-state index contributed by atoms with van der Waals surface area (Å²) in [6.07, 6.45) is 2.09. The monoisotopic (exact) mass is 358 g/mol. The van der Waals surface area contributed by atoms with Crippen LogP contribution in [0.2, 0.25) is 0 Å². The number of methoxy groups -OCH3 is 3. The van der Waals surface area contributed by atoms with Gasteiger partial charge >= 0.3 is 0 Å². The van der Waals surface area contributed by atoms with Crippen LogP contribution >= 0.6 is 12.4 Å². The van der Waals surface area contributed by atoms with Crippen LogP contribution in [0.5, 0.6) is 17.2 Å². The molecule has 1 aliphatic heterocycles. The molecule has 1 aromatic carbocycles. The van der Waals surface area contributed by atoms with Crippen molar-refractivity contribution in [3.63, 3.8) is 0 Å². The maximum atomic E-state index is 13.0. The van der Waals surface area contributed by atoms with Crippen molar-refractivity contribution in [2.75, 3.05) is 34.4 Å². The predicted octanol–water partition coefficient (Wildman–Crippen LogP) is 2.33. The molecular weight excluding hydrogens is 332 g/mol. The van der Waals surface area contributed by atoms with Gasteiger partial charge in [-0.1, -0.05) is 6.92 Å². The van der Waals surface area contributed by atoms with Gasteiger partial charge in [-0.25, -0.2) is 0 Å². The van der Waals surface area contributed by atoms with Crippen molar-refractivity contribution in [3.05, 3.63) is 17.7 Å². The van der Waals surface area contributed by atoms with Crippen LogP contribution in [-0.4, -0.2) is 51.3 Å². The van der Waals surface area contributed by atoms with Crippen LogP contribution < -0.4 is 19.9 Å². The Morgan fingerprint density at radius 1 is 1.21 bits per heavy atom. The molecule has 6 nitrogen and oxygen atoms in total. The van der Waals surface area contributed by atoms with E-state index in [0.717, 1.165) is 19.4 Å². The molecule has 1 heterocycles. The zero-order valence-corrected chi connectivity index (χ0v) is 15.5. The van der Waals surface area contributed by atoms with Gasteiger partial charge in [0.25, 0.3) is 5.91 Å². The van der Waals surface area contributed by atoms with Gasteiger partial charge in [0.1, 0.15) is 0 Å². The molecule has 1 aliphatic rings. The summed E-state index contributed by atoms with van der Waals surface area (Å²) in [6.45, 7) is 3.34. The Morgan fingerprint density at radius 3 is 2.25 bits per heavy atom. The average molecular weight is 359 g/mol. The molecule has 2 N–H and O–H groups in total. The van der Waals surface area contributed by atoms with E-state index in [0.29, 0.717) is 35.3 Å². The number of nitrogens with two attached hydrogens (primary N) is 1. The highest BCUT2D eigenvalue weighted by atomic mass is 35.5. The molecule has 1 aromatic rings. The Labute approximate surface area is 149 Å². The third-order valence-electron chi connectivity index (χ3n) is 4.53. The van der Waals surface area contributed by atoms with E-state index in [4.69, 9.17) is 19.9 Å². The summed E-state index contributed by atoms with van der Waals surface area (Å²) >= 11 is 0. The van der Waals surface area contributed by atoms with E-state index in [2.05, 4.69) is 6.92 Å². The Balaban J connectivity index is 0.00000288. The molecule has 0 radical (unpaired) electrons. The minimum Gasteiger partial charge on any atom is -0.493 e. The number of likely N-dealkylation sites (tertiary alicyclic amines) is 1. The minimum absolute atomic E-state index is 0. The number of carbonyl (C=O) groups excluding carboxylic acids is 1. The van der Waals surface area contributed by atoms with Gasteiger partial charge < -0.3 is 24.8 Å². The van der Waals surface area contributed by atoms with Gasteiger partial charge in [-0.2, -0.15) is 0 Å². The number of hydrogen-bond acceptors (Lipinski definition) is 5. The molecule has 2 unspecified atom stereocenters. The lowest BCUT2D eigenvalue weighted by molar-refractivity contribution is 0.0532. The second-order valence-corrected chi connectivity index (χ2v) is 5.84. The van der Waals surface area contributed by atoms with Gasteiger partial charge in [0.05, 0.1) is 21.3 Å². The summed E-state index contributed by atoms with van der Waals surface area (Å²) in [4.78, 5) is 14.8. The highest BCUT2D eigenvalue weighted by Crippen LogP contribution is 2.39. The number of piperidine rings is 1. The second kappa shape index (κ2) is 8.99. The summed E-state index contributed by atoms with van der Waals surface area (Å²) in [5.41, 5.74) is 6.41. The first-order chi connectivity index (χ1) is 11.1. The van der Waals surface area contributed by atoms with Crippen LogP contribution in [0.25, 0.3) is 0 Å².